The number of hydrogen-bond donors (Lipinski definition) is 2. The number of hydrogen-bond acceptors (Lipinski definition) is 5. The first-order valence-electron chi connectivity index (χ1n) is 8.29. The lowest BCUT2D eigenvalue weighted by Crippen LogP contribution is -2.46. The van der Waals surface area contributed by atoms with E-state index in [1.807, 2.05) is 20.8 Å². The van der Waals surface area contributed by atoms with Gasteiger partial charge in [-0.05, 0) is 27.2 Å². The molecule has 1 aliphatic rings. The molecule has 1 saturated heterocycles. The summed E-state index contributed by atoms with van der Waals surface area (Å²) in [5.41, 5.74) is 0.861. The van der Waals surface area contributed by atoms with Crippen molar-refractivity contribution >= 4 is 17.8 Å². The van der Waals surface area contributed by atoms with Gasteiger partial charge in [0.15, 0.2) is 5.96 Å². The molecule has 0 aromatic carbocycles. The summed E-state index contributed by atoms with van der Waals surface area (Å²) in [5, 5.41) is 6.24. The highest BCUT2D eigenvalue weighted by atomic mass is 16.4. The Morgan fingerprint density at radius 1 is 1.25 bits per heavy atom. The number of piperidine rings is 1. The largest absolute Gasteiger partial charge is 0.444 e. The van der Waals surface area contributed by atoms with Crippen molar-refractivity contribution in [3.05, 3.63) is 17.3 Å². The standard InChI is InChI=1S/C16H25N5O3/c1-4-17-16(19-10-13-20-11(2)12(3)24-13)18-8-9-21-14(22)6-5-7-15(21)23/h4-10H2,1-3H3,(H2,17,18,19). The molecule has 1 aliphatic heterocycles. The first-order valence-corrected chi connectivity index (χ1v) is 8.29. The summed E-state index contributed by atoms with van der Waals surface area (Å²) >= 11 is 0. The average molecular weight is 335 g/mol. The van der Waals surface area contributed by atoms with Crippen LogP contribution >= 0.6 is 0 Å². The molecule has 0 spiro atoms. The summed E-state index contributed by atoms with van der Waals surface area (Å²) in [5.74, 6) is 1.76. The van der Waals surface area contributed by atoms with Crippen molar-refractivity contribution in [3.63, 3.8) is 0 Å². The maximum Gasteiger partial charge on any atom is 0.229 e. The number of nitrogens with zero attached hydrogens (tertiary/aromatic N) is 3. The van der Waals surface area contributed by atoms with E-state index >= 15 is 0 Å². The number of nitrogens with one attached hydrogen (secondary N) is 2. The van der Waals surface area contributed by atoms with Crippen molar-refractivity contribution < 1.29 is 14.0 Å². The molecule has 0 saturated carbocycles. The molecule has 132 valence electrons. The highest BCUT2D eigenvalue weighted by Gasteiger charge is 2.25. The van der Waals surface area contributed by atoms with Gasteiger partial charge in [0.1, 0.15) is 12.3 Å². The second kappa shape index (κ2) is 8.47. The fraction of sp³-hybridized carbons (Fsp3) is 0.625. The quantitative estimate of drug-likeness (QED) is 0.455. The van der Waals surface area contributed by atoms with Gasteiger partial charge in [-0.1, -0.05) is 0 Å². The molecule has 0 aliphatic carbocycles. The number of oxazole rings is 1. The Hall–Kier alpha value is -2.38. The van der Waals surface area contributed by atoms with Crippen LogP contribution in [0.3, 0.4) is 0 Å². The molecule has 2 N–H and O–H groups in total. The molecule has 24 heavy (non-hydrogen) atoms. The van der Waals surface area contributed by atoms with Crippen LogP contribution in [-0.2, 0) is 16.1 Å². The lowest BCUT2D eigenvalue weighted by molar-refractivity contribution is -0.147. The monoisotopic (exact) mass is 335 g/mol. The van der Waals surface area contributed by atoms with Gasteiger partial charge < -0.3 is 15.1 Å². The Balaban J connectivity index is 1.87. The number of carbonyl (C=O) groups excluding carboxylic acids is 2. The predicted octanol–water partition coefficient (Wildman–Crippen LogP) is 0.886. The van der Waals surface area contributed by atoms with E-state index in [0.717, 1.165) is 11.5 Å². The molecule has 0 radical (unpaired) electrons. The van der Waals surface area contributed by atoms with Crippen molar-refractivity contribution in [1.82, 2.24) is 20.5 Å². The molecular weight excluding hydrogens is 310 g/mol. The summed E-state index contributed by atoms with van der Waals surface area (Å²) in [6.45, 7) is 7.55. The molecule has 0 bridgehead atoms. The van der Waals surface area contributed by atoms with Gasteiger partial charge in [-0.3, -0.25) is 14.5 Å². The average Bonchev–Trinajstić information content (AvgIpc) is 2.86. The van der Waals surface area contributed by atoms with Crippen LogP contribution in [0.15, 0.2) is 9.41 Å². The van der Waals surface area contributed by atoms with Crippen LogP contribution in [0, 0.1) is 13.8 Å². The van der Waals surface area contributed by atoms with Crippen molar-refractivity contribution in [2.45, 2.75) is 46.6 Å². The van der Waals surface area contributed by atoms with E-state index < -0.39 is 0 Å². The molecular formula is C16H25N5O3. The highest BCUT2D eigenvalue weighted by molar-refractivity contribution is 5.97. The second-order valence-corrected chi connectivity index (χ2v) is 5.66. The smallest absolute Gasteiger partial charge is 0.229 e. The topological polar surface area (TPSA) is 99.8 Å². The third kappa shape index (κ3) is 4.81. The molecule has 8 heteroatoms. The zero-order valence-corrected chi connectivity index (χ0v) is 14.5. The molecule has 1 aromatic rings. The van der Waals surface area contributed by atoms with Crippen LogP contribution in [0.1, 0.15) is 43.5 Å². The summed E-state index contributed by atoms with van der Waals surface area (Å²) in [6, 6.07) is 0. The Bertz CT molecular complexity index is 588. The van der Waals surface area contributed by atoms with Crippen LogP contribution in [0.5, 0.6) is 0 Å². The van der Waals surface area contributed by atoms with E-state index in [-0.39, 0.29) is 11.8 Å². The molecule has 1 aromatic heterocycles. The summed E-state index contributed by atoms with van der Waals surface area (Å²) < 4.78 is 5.50. The zero-order chi connectivity index (χ0) is 17.5. The lowest BCUT2D eigenvalue weighted by Gasteiger charge is -2.25. The molecule has 2 amide bonds. The number of amides is 2. The summed E-state index contributed by atoms with van der Waals surface area (Å²) in [6.07, 6.45) is 1.55. The maximum absolute atomic E-state index is 11.8. The summed E-state index contributed by atoms with van der Waals surface area (Å²) in [4.78, 5) is 33.5. The van der Waals surface area contributed by atoms with Gasteiger partial charge in [0, 0.05) is 32.5 Å². The normalized spacial score (nSPS) is 15.8. The van der Waals surface area contributed by atoms with Gasteiger partial charge in [-0.15, -0.1) is 0 Å². The Kier molecular flexibility index (Phi) is 6.34. The number of guanidine groups is 1. The van der Waals surface area contributed by atoms with Gasteiger partial charge in [0.25, 0.3) is 0 Å². The van der Waals surface area contributed by atoms with Crippen LogP contribution in [0.4, 0.5) is 0 Å². The molecule has 1 fully saturated rings. The van der Waals surface area contributed by atoms with Crippen LogP contribution in [0.2, 0.25) is 0 Å². The predicted molar refractivity (Wildman–Crippen MR) is 89.4 cm³/mol. The van der Waals surface area contributed by atoms with Gasteiger partial charge in [-0.2, -0.15) is 0 Å². The van der Waals surface area contributed by atoms with E-state index in [1.54, 1.807) is 0 Å². The number of likely N-dealkylation sites (tertiary alicyclic amines) is 1. The van der Waals surface area contributed by atoms with Gasteiger partial charge >= 0.3 is 0 Å². The number of aliphatic imine (C=N–C) groups is 1. The zero-order valence-electron chi connectivity index (χ0n) is 14.5. The fourth-order valence-corrected chi connectivity index (χ4v) is 2.43. The van der Waals surface area contributed by atoms with Crippen LogP contribution < -0.4 is 10.6 Å². The van der Waals surface area contributed by atoms with Crippen molar-refractivity contribution in [3.8, 4) is 0 Å². The minimum absolute atomic E-state index is 0.0966. The Morgan fingerprint density at radius 2 is 1.96 bits per heavy atom. The number of carbonyl (C=O) groups is 2. The first-order chi connectivity index (χ1) is 11.5. The number of aromatic nitrogens is 1. The van der Waals surface area contributed by atoms with E-state index in [2.05, 4.69) is 20.6 Å². The van der Waals surface area contributed by atoms with E-state index in [0.29, 0.717) is 57.3 Å². The van der Waals surface area contributed by atoms with E-state index in [1.165, 1.54) is 4.90 Å². The lowest BCUT2D eigenvalue weighted by atomic mass is 10.1. The van der Waals surface area contributed by atoms with Crippen molar-refractivity contribution in [2.75, 3.05) is 19.6 Å². The van der Waals surface area contributed by atoms with Gasteiger partial charge in [-0.25, -0.2) is 9.98 Å². The Morgan fingerprint density at radius 3 is 2.54 bits per heavy atom. The summed E-state index contributed by atoms with van der Waals surface area (Å²) in [7, 11) is 0. The second-order valence-electron chi connectivity index (χ2n) is 5.66. The van der Waals surface area contributed by atoms with E-state index in [9.17, 15) is 9.59 Å². The molecule has 8 nitrogen and oxygen atoms in total. The van der Waals surface area contributed by atoms with Crippen molar-refractivity contribution in [1.29, 1.82) is 0 Å². The molecule has 2 rings (SSSR count). The van der Waals surface area contributed by atoms with Crippen LogP contribution in [0.25, 0.3) is 0 Å². The molecule has 2 heterocycles. The maximum atomic E-state index is 11.8. The number of imide groups is 1. The first kappa shape index (κ1) is 18.0. The SMILES string of the molecule is CCNC(=NCc1nc(C)c(C)o1)NCCN1C(=O)CCCC1=O. The molecule has 0 unspecified atom stereocenters. The van der Waals surface area contributed by atoms with Crippen molar-refractivity contribution in [2.24, 2.45) is 4.99 Å². The van der Waals surface area contributed by atoms with Gasteiger partial charge in [0.05, 0.1) is 5.69 Å². The third-order valence-corrected chi connectivity index (χ3v) is 3.80. The minimum Gasteiger partial charge on any atom is -0.444 e. The minimum atomic E-state index is -0.0966. The van der Waals surface area contributed by atoms with Gasteiger partial charge in [0.2, 0.25) is 17.7 Å². The van der Waals surface area contributed by atoms with Crippen LogP contribution in [-0.4, -0.2) is 47.3 Å². The Labute approximate surface area is 141 Å². The number of rotatable bonds is 6. The number of aryl methyl sites for hydroxylation is 2. The fourth-order valence-electron chi connectivity index (χ4n) is 2.43. The molecule has 0 atom stereocenters. The third-order valence-electron chi connectivity index (χ3n) is 3.80. The van der Waals surface area contributed by atoms with E-state index in [4.69, 9.17) is 4.42 Å². The highest BCUT2D eigenvalue weighted by Crippen LogP contribution is 2.11.